The van der Waals surface area contributed by atoms with Crippen molar-refractivity contribution in [3.05, 3.63) is 24.0 Å². The highest BCUT2D eigenvalue weighted by Gasteiger charge is 2.05. The molecule has 0 unspecified atom stereocenters. The predicted molar refractivity (Wildman–Crippen MR) is 50.1 cm³/mol. The Hall–Kier alpha value is -2.11. The SMILES string of the molecule is NC(=O)NC(=O)Cc1ccc(N)cn1. The summed E-state index contributed by atoms with van der Waals surface area (Å²) >= 11 is 0. The summed E-state index contributed by atoms with van der Waals surface area (Å²) in [6.07, 6.45) is 1.44. The minimum absolute atomic E-state index is 0.00319. The van der Waals surface area contributed by atoms with Crippen LogP contribution >= 0.6 is 0 Å². The number of nitrogen functional groups attached to an aromatic ring is 1. The predicted octanol–water partition coefficient (Wildman–Crippen LogP) is -0.599. The molecule has 1 heterocycles. The lowest BCUT2D eigenvalue weighted by Gasteiger charge is -2.00. The van der Waals surface area contributed by atoms with Crippen LogP contribution in [0, 0.1) is 0 Å². The monoisotopic (exact) mass is 194 g/mol. The molecule has 0 saturated carbocycles. The van der Waals surface area contributed by atoms with Gasteiger partial charge in [0.25, 0.3) is 0 Å². The molecule has 74 valence electrons. The van der Waals surface area contributed by atoms with Gasteiger partial charge in [-0.2, -0.15) is 0 Å². The first-order valence-electron chi connectivity index (χ1n) is 3.87. The first kappa shape index (κ1) is 9.97. The quantitative estimate of drug-likeness (QED) is 0.583. The van der Waals surface area contributed by atoms with Gasteiger partial charge in [0.1, 0.15) is 0 Å². The molecule has 5 N–H and O–H groups in total. The molecule has 6 nitrogen and oxygen atoms in total. The van der Waals surface area contributed by atoms with Crippen LogP contribution < -0.4 is 16.8 Å². The first-order valence-corrected chi connectivity index (χ1v) is 3.87. The van der Waals surface area contributed by atoms with Crippen molar-refractivity contribution in [3.8, 4) is 0 Å². The molecule has 1 aromatic rings. The Bertz CT molecular complexity index is 347. The molecule has 6 heteroatoms. The van der Waals surface area contributed by atoms with Crippen LogP contribution in [0.1, 0.15) is 5.69 Å². The fourth-order valence-electron chi connectivity index (χ4n) is 0.887. The lowest BCUT2D eigenvalue weighted by Crippen LogP contribution is -2.36. The Labute approximate surface area is 80.3 Å². The van der Waals surface area contributed by atoms with Gasteiger partial charge in [0.05, 0.1) is 18.3 Å². The van der Waals surface area contributed by atoms with Crippen molar-refractivity contribution in [1.82, 2.24) is 10.3 Å². The summed E-state index contributed by atoms with van der Waals surface area (Å²) in [5, 5.41) is 1.93. The van der Waals surface area contributed by atoms with Crippen LogP contribution in [0.3, 0.4) is 0 Å². The van der Waals surface area contributed by atoms with Gasteiger partial charge in [-0.05, 0) is 12.1 Å². The summed E-state index contributed by atoms with van der Waals surface area (Å²) in [5.41, 5.74) is 11.2. The van der Waals surface area contributed by atoms with Gasteiger partial charge in [-0.3, -0.25) is 15.1 Å². The zero-order valence-electron chi connectivity index (χ0n) is 7.36. The Morgan fingerprint density at radius 1 is 1.43 bits per heavy atom. The summed E-state index contributed by atoms with van der Waals surface area (Å²) in [7, 11) is 0. The zero-order valence-corrected chi connectivity index (χ0v) is 7.36. The second-order valence-corrected chi connectivity index (χ2v) is 2.67. The van der Waals surface area contributed by atoms with E-state index in [-0.39, 0.29) is 6.42 Å². The lowest BCUT2D eigenvalue weighted by atomic mass is 10.2. The van der Waals surface area contributed by atoms with E-state index in [1.54, 1.807) is 12.1 Å². The average Bonchev–Trinajstić information content (AvgIpc) is 2.07. The van der Waals surface area contributed by atoms with Crippen LogP contribution in [0.5, 0.6) is 0 Å². The summed E-state index contributed by atoms with van der Waals surface area (Å²) in [5.74, 6) is -0.491. The third kappa shape index (κ3) is 3.10. The van der Waals surface area contributed by atoms with Crippen molar-refractivity contribution < 1.29 is 9.59 Å². The minimum atomic E-state index is -0.870. The van der Waals surface area contributed by atoms with Crippen LogP contribution in [0.25, 0.3) is 0 Å². The van der Waals surface area contributed by atoms with Gasteiger partial charge in [-0.25, -0.2) is 4.79 Å². The molecule has 0 aromatic carbocycles. The number of urea groups is 1. The fourth-order valence-corrected chi connectivity index (χ4v) is 0.887. The molecule has 0 fully saturated rings. The molecular weight excluding hydrogens is 184 g/mol. The van der Waals surface area contributed by atoms with Crippen molar-refractivity contribution in [2.45, 2.75) is 6.42 Å². The Balaban J connectivity index is 2.56. The molecule has 14 heavy (non-hydrogen) atoms. The fraction of sp³-hybridized carbons (Fsp3) is 0.125. The summed E-state index contributed by atoms with van der Waals surface area (Å²) in [6.45, 7) is 0. The third-order valence-corrected chi connectivity index (χ3v) is 1.45. The number of pyridine rings is 1. The Morgan fingerprint density at radius 3 is 2.64 bits per heavy atom. The van der Waals surface area contributed by atoms with Gasteiger partial charge in [-0.15, -0.1) is 0 Å². The number of nitrogens with two attached hydrogens (primary N) is 2. The number of rotatable bonds is 2. The molecule has 0 atom stereocenters. The molecule has 0 saturated heterocycles. The number of aromatic nitrogens is 1. The van der Waals surface area contributed by atoms with E-state index in [9.17, 15) is 9.59 Å². The van der Waals surface area contributed by atoms with Gasteiger partial charge >= 0.3 is 6.03 Å². The number of hydrogen-bond acceptors (Lipinski definition) is 4. The van der Waals surface area contributed by atoms with E-state index in [1.165, 1.54) is 6.20 Å². The van der Waals surface area contributed by atoms with Crippen LogP contribution in [0.2, 0.25) is 0 Å². The number of carbonyl (C=O) groups is 2. The van der Waals surface area contributed by atoms with Gasteiger partial charge in [0.15, 0.2) is 0 Å². The lowest BCUT2D eigenvalue weighted by molar-refractivity contribution is -0.119. The molecule has 0 bridgehead atoms. The second kappa shape index (κ2) is 4.22. The number of imide groups is 1. The maximum absolute atomic E-state index is 11.0. The highest BCUT2D eigenvalue weighted by atomic mass is 16.2. The maximum atomic E-state index is 11.0. The van der Waals surface area contributed by atoms with Crippen molar-refractivity contribution >= 4 is 17.6 Å². The highest BCUT2D eigenvalue weighted by molar-refractivity contribution is 5.94. The largest absolute Gasteiger partial charge is 0.397 e. The number of carbonyl (C=O) groups excluding carboxylic acids is 2. The number of primary amides is 1. The summed E-state index contributed by atoms with van der Waals surface area (Å²) in [4.78, 5) is 25.2. The van der Waals surface area contributed by atoms with Crippen molar-refractivity contribution in [2.24, 2.45) is 5.73 Å². The van der Waals surface area contributed by atoms with E-state index < -0.39 is 11.9 Å². The molecular formula is C8H10N4O2. The van der Waals surface area contributed by atoms with E-state index in [1.807, 2.05) is 5.32 Å². The molecule has 0 aliphatic heterocycles. The van der Waals surface area contributed by atoms with E-state index in [4.69, 9.17) is 11.5 Å². The second-order valence-electron chi connectivity index (χ2n) is 2.67. The van der Waals surface area contributed by atoms with E-state index in [0.717, 1.165) is 0 Å². The Kier molecular flexibility index (Phi) is 3.01. The maximum Gasteiger partial charge on any atom is 0.318 e. The van der Waals surface area contributed by atoms with Crippen molar-refractivity contribution in [3.63, 3.8) is 0 Å². The summed E-state index contributed by atoms with van der Waals surface area (Å²) < 4.78 is 0. The standard InChI is InChI=1S/C8H10N4O2/c9-5-1-2-6(11-4-5)3-7(13)12-8(10)14/h1-2,4H,3,9H2,(H3,10,12,13,14). The van der Waals surface area contributed by atoms with Gasteiger partial charge < -0.3 is 11.5 Å². The van der Waals surface area contributed by atoms with Gasteiger partial charge in [0.2, 0.25) is 5.91 Å². The van der Waals surface area contributed by atoms with Gasteiger partial charge in [-0.1, -0.05) is 0 Å². The summed E-state index contributed by atoms with van der Waals surface area (Å²) in [6, 6.07) is 2.36. The molecule has 0 spiro atoms. The number of anilines is 1. The smallest absolute Gasteiger partial charge is 0.318 e. The molecule has 1 rings (SSSR count). The van der Waals surface area contributed by atoms with E-state index in [0.29, 0.717) is 11.4 Å². The molecule has 3 amide bonds. The topological polar surface area (TPSA) is 111 Å². The molecule has 1 aromatic heterocycles. The van der Waals surface area contributed by atoms with Crippen LogP contribution in [-0.4, -0.2) is 16.9 Å². The van der Waals surface area contributed by atoms with E-state index in [2.05, 4.69) is 4.98 Å². The first-order chi connectivity index (χ1) is 6.58. The number of hydrogen-bond donors (Lipinski definition) is 3. The van der Waals surface area contributed by atoms with Crippen LogP contribution in [0.15, 0.2) is 18.3 Å². The minimum Gasteiger partial charge on any atom is -0.397 e. The third-order valence-electron chi connectivity index (χ3n) is 1.45. The van der Waals surface area contributed by atoms with E-state index >= 15 is 0 Å². The Morgan fingerprint density at radius 2 is 2.14 bits per heavy atom. The number of nitrogens with one attached hydrogen (secondary N) is 1. The van der Waals surface area contributed by atoms with Crippen LogP contribution in [0.4, 0.5) is 10.5 Å². The normalized spacial score (nSPS) is 9.43. The van der Waals surface area contributed by atoms with Crippen LogP contribution in [-0.2, 0) is 11.2 Å². The van der Waals surface area contributed by atoms with Crippen molar-refractivity contribution in [2.75, 3.05) is 5.73 Å². The zero-order chi connectivity index (χ0) is 10.6. The molecule has 0 aliphatic carbocycles. The van der Waals surface area contributed by atoms with Gasteiger partial charge in [0, 0.05) is 5.69 Å². The van der Waals surface area contributed by atoms with Crippen molar-refractivity contribution in [1.29, 1.82) is 0 Å². The number of amides is 3. The molecule has 0 aliphatic rings. The number of nitrogens with zero attached hydrogens (tertiary/aromatic N) is 1. The molecule has 0 radical (unpaired) electrons. The average molecular weight is 194 g/mol. The highest BCUT2D eigenvalue weighted by Crippen LogP contribution is 2.01.